The van der Waals surface area contributed by atoms with Crippen molar-refractivity contribution in [3.05, 3.63) is 59.0 Å². The number of tetrazole rings is 1. The van der Waals surface area contributed by atoms with Gasteiger partial charge in [-0.25, -0.2) is 5.10 Å². The van der Waals surface area contributed by atoms with Crippen LogP contribution in [0.5, 0.6) is 11.5 Å². The maximum atomic E-state index is 12.7. The highest BCUT2D eigenvalue weighted by atomic mass is 32.1. The summed E-state index contributed by atoms with van der Waals surface area (Å²) in [6.07, 6.45) is 0. The number of anilines is 1. The molecule has 2 N–H and O–H groups in total. The molecule has 27 heavy (non-hydrogen) atoms. The number of carbonyl (C=O) groups excluding carboxylic acids is 1. The topological polar surface area (TPSA) is 102 Å². The second-order valence-corrected chi connectivity index (χ2v) is 6.65. The lowest BCUT2D eigenvalue weighted by Gasteiger charge is -2.08. The molecule has 0 aliphatic heterocycles. The number of nitrogens with one attached hydrogen (secondary N) is 2. The molecule has 4 aromatic rings. The van der Waals surface area contributed by atoms with Crippen molar-refractivity contribution in [3.8, 4) is 11.5 Å². The van der Waals surface area contributed by atoms with Crippen molar-refractivity contribution >= 4 is 33.3 Å². The summed E-state index contributed by atoms with van der Waals surface area (Å²) in [5.74, 6) is 1.05. The molecule has 0 saturated heterocycles. The summed E-state index contributed by atoms with van der Waals surface area (Å²) in [5, 5.41) is 16.6. The van der Waals surface area contributed by atoms with Crippen molar-refractivity contribution < 1.29 is 14.3 Å². The van der Waals surface area contributed by atoms with Crippen LogP contribution in [0, 0.1) is 0 Å². The van der Waals surface area contributed by atoms with Gasteiger partial charge in [-0.2, -0.15) is 0 Å². The number of hydrogen-bond donors (Lipinski definition) is 2. The molecule has 2 aromatic heterocycles. The second-order valence-electron chi connectivity index (χ2n) is 5.60. The van der Waals surface area contributed by atoms with E-state index in [0.29, 0.717) is 23.0 Å². The molecule has 0 fully saturated rings. The number of thiophene rings is 1. The number of rotatable bonds is 6. The van der Waals surface area contributed by atoms with Gasteiger partial charge in [-0.1, -0.05) is 35.4 Å². The van der Waals surface area contributed by atoms with Gasteiger partial charge in [-0.05, 0) is 34.2 Å². The Labute approximate surface area is 158 Å². The van der Waals surface area contributed by atoms with Gasteiger partial charge >= 0.3 is 0 Å². The van der Waals surface area contributed by atoms with Gasteiger partial charge in [0.1, 0.15) is 17.2 Å². The molecule has 4 rings (SSSR count). The summed E-state index contributed by atoms with van der Waals surface area (Å²) in [7, 11) is 1.60. The average Bonchev–Trinajstić information content (AvgIpc) is 3.34. The third kappa shape index (κ3) is 3.58. The molecule has 0 atom stereocenters. The first-order chi connectivity index (χ1) is 13.2. The zero-order valence-electron chi connectivity index (χ0n) is 14.3. The number of carbonyl (C=O) groups is 1. The molecule has 0 spiro atoms. The second kappa shape index (κ2) is 7.42. The molecule has 0 unspecified atom stereocenters. The molecule has 0 bridgehead atoms. The van der Waals surface area contributed by atoms with Gasteiger partial charge in [0.05, 0.1) is 7.11 Å². The van der Waals surface area contributed by atoms with Crippen molar-refractivity contribution in [2.24, 2.45) is 0 Å². The monoisotopic (exact) mass is 381 g/mol. The van der Waals surface area contributed by atoms with Crippen LogP contribution in [0.25, 0.3) is 10.1 Å². The van der Waals surface area contributed by atoms with Crippen LogP contribution >= 0.6 is 11.3 Å². The molecular formula is C18H15N5O3S. The zero-order chi connectivity index (χ0) is 18.6. The van der Waals surface area contributed by atoms with E-state index in [9.17, 15) is 4.79 Å². The van der Waals surface area contributed by atoms with Crippen LogP contribution in [0.2, 0.25) is 0 Å². The molecular weight excluding hydrogens is 366 g/mol. The minimum atomic E-state index is -0.350. The number of aromatic amines is 1. The van der Waals surface area contributed by atoms with Gasteiger partial charge in [-0.15, -0.1) is 11.3 Å². The Morgan fingerprint density at radius 3 is 2.81 bits per heavy atom. The lowest BCUT2D eigenvalue weighted by molar-refractivity contribution is 0.102. The molecule has 136 valence electrons. The summed E-state index contributed by atoms with van der Waals surface area (Å²) in [4.78, 5) is 13.2. The van der Waals surface area contributed by atoms with Crippen LogP contribution < -0.4 is 14.8 Å². The first kappa shape index (κ1) is 17.0. The molecule has 1 amide bonds. The number of aromatic nitrogens is 4. The minimum absolute atomic E-state index is 0.170. The van der Waals surface area contributed by atoms with Crippen molar-refractivity contribution in [3.63, 3.8) is 0 Å². The third-order valence-corrected chi connectivity index (χ3v) is 4.99. The SMILES string of the molecule is COc1ccc2c(OCc3ccccc3)c(C(=O)Nc3nnn[nH]3)sc2c1. The van der Waals surface area contributed by atoms with Crippen LogP contribution in [-0.2, 0) is 6.61 Å². The average molecular weight is 381 g/mol. The van der Waals surface area contributed by atoms with E-state index in [-0.39, 0.29) is 11.9 Å². The number of nitrogens with zero attached hydrogens (tertiary/aromatic N) is 3. The van der Waals surface area contributed by atoms with Gasteiger partial charge in [0, 0.05) is 10.1 Å². The van der Waals surface area contributed by atoms with Gasteiger partial charge in [-0.3, -0.25) is 10.1 Å². The van der Waals surface area contributed by atoms with Gasteiger partial charge in [0.25, 0.3) is 5.91 Å². The Kier molecular flexibility index (Phi) is 4.67. The van der Waals surface area contributed by atoms with Gasteiger partial charge < -0.3 is 9.47 Å². The van der Waals surface area contributed by atoms with Crippen LogP contribution in [0.4, 0.5) is 5.95 Å². The number of hydrogen-bond acceptors (Lipinski definition) is 7. The summed E-state index contributed by atoms with van der Waals surface area (Å²) >= 11 is 1.32. The van der Waals surface area contributed by atoms with Crippen molar-refractivity contribution in [1.82, 2.24) is 20.6 Å². The van der Waals surface area contributed by atoms with E-state index in [4.69, 9.17) is 9.47 Å². The summed E-state index contributed by atoms with van der Waals surface area (Å²) in [6, 6.07) is 15.4. The summed E-state index contributed by atoms with van der Waals surface area (Å²) in [6.45, 7) is 0.350. The number of amides is 1. The van der Waals surface area contributed by atoms with Crippen LogP contribution in [0.15, 0.2) is 48.5 Å². The van der Waals surface area contributed by atoms with Crippen LogP contribution in [0.3, 0.4) is 0 Å². The molecule has 8 nitrogen and oxygen atoms in total. The zero-order valence-corrected chi connectivity index (χ0v) is 15.1. The molecule has 2 heterocycles. The Balaban J connectivity index is 1.70. The Hall–Kier alpha value is -3.46. The minimum Gasteiger partial charge on any atom is -0.497 e. The highest BCUT2D eigenvalue weighted by Crippen LogP contribution is 2.40. The number of ether oxygens (including phenoxy) is 2. The molecule has 2 aromatic carbocycles. The maximum Gasteiger partial charge on any atom is 0.271 e. The maximum absolute atomic E-state index is 12.7. The highest BCUT2D eigenvalue weighted by Gasteiger charge is 2.21. The summed E-state index contributed by atoms with van der Waals surface area (Å²) in [5.41, 5.74) is 1.01. The van der Waals surface area contributed by atoms with E-state index in [2.05, 4.69) is 25.9 Å². The molecule has 0 aliphatic carbocycles. The normalized spacial score (nSPS) is 10.7. The van der Waals surface area contributed by atoms with Crippen molar-refractivity contribution in [2.75, 3.05) is 12.4 Å². The quantitative estimate of drug-likeness (QED) is 0.531. The fraction of sp³-hybridized carbons (Fsp3) is 0.111. The first-order valence-corrected chi connectivity index (χ1v) is 8.88. The fourth-order valence-electron chi connectivity index (χ4n) is 2.58. The Morgan fingerprint density at radius 2 is 2.07 bits per heavy atom. The molecule has 0 radical (unpaired) electrons. The predicted octanol–water partition coefficient (Wildman–Crippen LogP) is 3.25. The van der Waals surface area contributed by atoms with Crippen LogP contribution in [0.1, 0.15) is 15.2 Å². The number of fused-ring (bicyclic) bond motifs is 1. The smallest absolute Gasteiger partial charge is 0.271 e. The molecule has 0 aliphatic rings. The molecule has 9 heteroatoms. The highest BCUT2D eigenvalue weighted by molar-refractivity contribution is 7.21. The van der Waals surface area contributed by atoms with E-state index in [0.717, 1.165) is 15.6 Å². The lowest BCUT2D eigenvalue weighted by atomic mass is 10.2. The standard InChI is InChI=1S/C18H15N5O3S/c1-25-12-7-8-13-14(9-12)27-16(17(24)19-18-20-22-23-21-18)15(13)26-10-11-5-3-2-4-6-11/h2-9H,10H2,1H3,(H2,19,20,21,22,23,24). The van der Waals surface area contributed by atoms with E-state index < -0.39 is 0 Å². The largest absolute Gasteiger partial charge is 0.497 e. The van der Waals surface area contributed by atoms with Crippen molar-refractivity contribution in [1.29, 1.82) is 0 Å². The van der Waals surface area contributed by atoms with E-state index in [1.165, 1.54) is 11.3 Å². The van der Waals surface area contributed by atoms with Crippen molar-refractivity contribution in [2.45, 2.75) is 6.61 Å². The Morgan fingerprint density at radius 1 is 1.22 bits per heavy atom. The van der Waals surface area contributed by atoms with Crippen LogP contribution in [-0.4, -0.2) is 33.6 Å². The molecule has 0 saturated carbocycles. The number of benzene rings is 2. The van der Waals surface area contributed by atoms with E-state index in [1.807, 2.05) is 48.5 Å². The number of H-pyrrole nitrogens is 1. The Bertz CT molecular complexity index is 1060. The predicted molar refractivity (Wildman–Crippen MR) is 101 cm³/mol. The first-order valence-electron chi connectivity index (χ1n) is 8.07. The lowest BCUT2D eigenvalue weighted by Crippen LogP contribution is -2.13. The number of methoxy groups -OCH3 is 1. The summed E-state index contributed by atoms with van der Waals surface area (Å²) < 4.78 is 12.2. The van der Waals surface area contributed by atoms with Gasteiger partial charge in [0.2, 0.25) is 5.95 Å². The van der Waals surface area contributed by atoms with Gasteiger partial charge in [0.15, 0.2) is 5.75 Å². The van der Waals surface area contributed by atoms with E-state index in [1.54, 1.807) is 7.11 Å². The van der Waals surface area contributed by atoms with E-state index >= 15 is 0 Å². The third-order valence-electron chi connectivity index (χ3n) is 3.86. The fourth-order valence-corrected chi connectivity index (χ4v) is 3.65.